The summed E-state index contributed by atoms with van der Waals surface area (Å²) in [5.41, 5.74) is 5.19. The number of hydrogen-bond donors (Lipinski definition) is 1. The van der Waals surface area contributed by atoms with E-state index in [0.717, 1.165) is 49.7 Å². The van der Waals surface area contributed by atoms with Crippen molar-refractivity contribution in [2.45, 2.75) is 81.3 Å². The minimum atomic E-state index is -0.435. The lowest BCUT2D eigenvalue weighted by Crippen LogP contribution is -2.41. The molecule has 6 rings (SSSR count). The fraction of sp³-hybridized carbons (Fsp3) is 0.486. The van der Waals surface area contributed by atoms with Gasteiger partial charge in [-0.05, 0) is 91.4 Å². The predicted molar refractivity (Wildman–Crippen MR) is 165 cm³/mol. The first kappa shape index (κ1) is 30.5. The molecule has 5 unspecified atom stereocenters. The molecular weight excluding hydrogens is 568 g/mol. The van der Waals surface area contributed by atoms with Gasteiger partial charge in [0.25, 0.3) is 0 Å². The van der Waals surface area contributed by atoms with Crippen LogP contribution in [0.3, 0.4) is 0 Å². The fourth-order valence-electron chi connectivity index (χ4n) is 6.62. The topological polar surface area (TPSA) is 51.2 Å². The van der Waals surface area contributed by atoms with E-state index < -0.39 is 17.7 Å². The summed E-state index contributed by atoms with van der Waals surface area (Å²) in [5, 5.41) is 10.3. The van der Waals surface area contributed by atoms with Crippen LogP contribution in [0, 0.1) is 18.6 Å². The molecule has 1 N–H and O–H groups in total. The Bertz CT molecular complexity index is 1380. The molecule has 43 heavy (non-hydrogen) atoms. The second kappa shape index (κ2) is 13.7. The number of hydrogen-bond acceptors (Lipinski definition) is 6. The zero-order valence-electron chi connectivity index (χ0n) is 24.9. The van der Waals surface area contributed by atoms with Gasteiger partial charge in [-0.15, -0.1) is 11.8 Å². The van der Waals surface area contributed by atoms with Gasteiger partial charge in [-0.25, -0.2) is 8.78 Å². The summed E-state index contributed by atoms with van der Waals surface area (Å²) < 4.78 is 46.4. The van der Waals surface area contributed by atoms with E-state index in [1.54, 1.807) is 11.8 Å². The Morgan fingerprint density at radius 1 is 0.977 bits per heavy atom. The molecule has 3 heterocycles. The first-order valence-electron chi connectivity index (χ1n) is 15.4. The molecule has 0 saturated carbocycles. The molecule has 0 amide bonds. The van der Waals surface area contributed by atoms with Crippen molar-refractivity contribution >= 4 is 11.8 Å². The Balaban J connectivity index is 1.00. The Morgan fingerprint density at radius 2 is 1.81 bits per heavy atom. The van der Waals surface area contributed by atoms with Crippen LogP contribution in [-0.2, 0) is 15.9 Å². The number of aliphatic hydroxyl groups is 1. The van der Waals surface area contributed by atoms with Crippen molar-refractivity contribution in [2.24, 2.45) is 0 Å². The van der Waals surface area contributed by atoms with Gasteiger partial charge in [0, 0.05) is 37.5 Å². The maximum Gasteiger partial charge on any atom is 0.129 e. The lowest BCUT2D eigenvalue weighted by molar-refractivity contribution is -0.0605. The number of halogens is 2. The summed E-state index contributed by atoms with van der Waals surface area (Å²) in [7, 11) is 0. The van der Waals surface area contributed by atoms with E-state index in [2.05, 4.69) is 54.3 Å². The van der Waals surface area contributed by atoms with Gasteiger partial charge in [-0.1, -0.05) is 30.3 Å². The normalized spacial score (nSPS) is 28.2. The molecule has 3 aliphatic heterocycles. The molecule has 3 aliphatic rings. The molecule has 3 aromatic rings. The molecule has 0 aromatic heterocycles. The van der Waals surface area contributed by atoms with Gasteiger partial charge in [0.2, 0.25) is 0 Å². The zero-order valence-corrected chi connectivity index (χ0v) is 25.7. The van der Waals surface area contributed by atoms with Crippen molar-refractivity contribution in [2.75, 3.05) is 26.0 Å². The summed E-state index contributed by atoms with van der Waals surface area (Å²) in [6, 6.07) is 18.7. The minimum Gasteiger partial charge on any atom is -0.489 e. The van der Waals surface area contributed by atoms with E-state index in [9.17, 15) is 13.9 Å². The predicted octanol–water partition coefficient (Wildman–Crippen LogP) is 7.14. The second-order valence-electron chi connectivity index (χ2n) is 12.2. The van der Waals surface area contributed by atoms with Crippen molar-refractivity contribution in [3.05, 3.63) is 100 Å². The summed E-state index contributed by atoms with van der Waals surface area (Å²) in [6.45, 7) is 4.41. The van der Waals surface area contributed by atoms with Crippen LogP contribution in [0.2, 0.25) is 0 Å². The van der Waals surface area contributed by atoms with Crippen molar-refractivity contribution < 1.29 is 28.1 Å². The zero-order chi connectivity index (χ0) is 29.9. The Labute approximate surface area is 257 Å². The molecule has 230 valence electrons. The van der Waals surface area contributed by atoms with Crippen LogP contribution in [-0.4, -0.2) is 59.6 Å². The van der Waals surface area contributed by atoms with E-state index in [0.29, 0.717) is 31.4 Å². The Kier molecular flexibility index (Phi) is 9.69. The molecule has 0 bridgehead atoms. The highest BCUT2D eigenvalue weighted by molar-refractivity contribution is 7.99. The van der Waals surface area contributed by atoms with Gasteiger partial charge in [0.05, 0.1) is 24.9 Å². The third kappa shape index (κ3) is 7.43. The van der Waals surface area contributed by atoms with Crippen molar-refractivity contribution in [3.63, 3.8) is 0 Å². The van der Waals surface area contributed by atoms with Crippen molar-refractivity contribution in [3.8, 4) is 5.75 Å². The SMILES string of the molecule is CSC1CC(O)CC(c2ccc(C)c(Cc3ccc(OC4CCN([C@@H]5CCC(c6cc(F)ccc6F)OC5)C4)cc3)c2)O1. The molecule has 8 heteroatoms. The molecule has 0 aliphatic carbocycles. The van der Waals surface area contributed by atoms with Gasteiger partial charge in [0.15, 0.2) is 0 Å². The van der Waals surface area contributed by atoms with E-state index in [4.69, 9.17) is 14.2 Å². The van der Waals surface area contributed by atoms with Crippen LogP contribution in [0.15, 0.2) is 60.7 Å². The molecule has 3 fully saturated rings. The lowest BCUT2D eigenvalue weighted by atomic mass is 9.93. The van der Waals surface area contributed by atoms with Crippen LogP contribution in [0.5, 0.6) is 5.75 Å². The third-order valence-electron chi connectivity index (χ3n) is 9.14. The molecule has 3 saturated heterocycles. The number of aliphatic hydroxyl groups excluding tert-OH is 1. The highest BCUT2D eigenvalue weighted by Crippen LogP contribution is 2.36. The molecule has 0 spiro atoms. The molecule has 3 aromatic carbocycles. The number of aryl methyl sites for hydroxylation is 1. The number of thioether (sulfide) groups is 1. The smallest absolute Gasteiger partial charge is 0.129 e. The summed E-state index contributed by atoms with van der Waals surface area (Å²) in [6.07, 6.45) is 5.96. The summed E-state index contributed by atoms with van der Waals surface area (Å²) in [4.78, 5) is 2.41. The third-order valence-corrected chi connectivity index (χ3v) is 9.97. The van der Waals surface area contributed by atoms with E-state index in [-0.39, 0.29) is 29.8 Å². The number of benzene rings is 3. The molecular formula is C35H41F2NO4S. The molecule has 6 atom stereocenters. The number of ether oxygens (including phenoxy) is 3. The number of rotatable bonds is 8. The molecule has 5 nitrogen and oxygen atoms in total. The van der Waals surface area contributed by atoms with E-state index in [1.807, 2.05) is 6.26 Å². The Hall–Kier alpha value is -2.49. The highest BCUT2D eigenvalue weighted by Gasteiger charge is 2.34. The second-order valence-corrected chi connectivity index (χ2v) is 13.2. The number of nitrogens with zero attached hydrogens (tertiary/aromatic N) is 1. The monoisotopic (exact) mass is 609 g/mol. The van der Waals surface area contributed by atoms with Crippen LogP contribution >= 0.6 is 11.8 Å². The van der Waals surface area contributed by atoms with Crippen molar-refractivity contribution in [1.82, 2.24) is 4.90 Å². The van der Waals surface area contributed by atoms with Gasteiger partial charge in [0.1, 0.15) is 28.9 Å². The lowest BCUT2D eigenvalue weighted by Gasteiger charge is -2.35. The first-order chi connectivity index (χ1) is 20.8. The van der Waals surface area contributed by atoms with Crippen molar-refractivity contribution in [1.29, 1.82) is 0 Å². The maximum atomic E-state index is 14.2. The quantitative estimate of drug-likeness (QED) is 0.293. The van der Waals surface area contributed by atoms with Crippen LogP contribution < -0.4 is 4.74 Å². The Morgan fingerprint density at radius 3 is 2.58 bits per heavy atom. The van der Waals surface area contributed by atoms with Gasteiger partial charge in [-0.3, -0.25) is 4.90 Å². The maximum absolute atomic E-state index is 14.2. The van der Waals surface area contributed by atoms with Crippen LogP contribution in [0.4, 0.5) is 8.78 Å². The fourth-order valence-corrected chi connectivity index (χ4v) is 7.28. The average Bonchev–Trinajstić information content (AvgIpc) is 3.48. The van der Waals surface area contributed by atoms with Crippen LogP contribution in [0.1, 0.15) is 72.1 Å². The average molecular weight is 610 g/mol. The number of likely N-dealkylation sites (tertiary alicyclic amines) is 1. The minimum absolute atomic E-state index is 0.0269. The summed E-state index contributed by atoms with van der Waals surface area (Å²) in [5.74, 6) is 0.0262. The molecule has 0 radical (unpaired) electrons. The van der Waals surface area contributed by atoms with Crippen LogP contribution in [0.25, 0.3) is 0 Å². The van der Waals surface area contributed by atoms with E-state index >= 15 is 0 Å². The first-order valence-corrected chi connectivity index (χ1v) is 16.7. The van der Waals surface area contributed by atoms with Gasteiger partial charge < -0.3 is 19.3 Å². The largest absolute Gasteiger partial charge is 0.489 e. The van der Waals surface area contributed by atoms with E-state index in [1.165, 1.54) is 28.8 Å². The summed E-state index contributed by atoms with van der Waals surface area (Å²) >= 11 is 1.65. The standard InChI is InChI=1S/C35H41F2NO4S/c1-22-3-6-24(34-18-28(39)19-35(42-34)43-2)16-25(22)15-23-4-9-29(10-5-23)41-30-13-14-38(20-30)27-8-12-33(40-21-27)31-17-26(36)7-11-32(31)37/h3-7,9-11,16-17,27-28,30,33-35,39H,8,12-15,18-21H2,1-2H3/t27-,28?,30?,33?,34?,35?/m1/s1. The highest BCUT2D eigenvalue weighted by atomic mass is 32.2. The van der Waals surface area contributed by atoms with Gasteiger partial charge in [-0.2, -0.15) is 0 Å². The van der Waals surface area contributed by atoms with Gasteiger partial charge >= 0.3 is 0 Å².